The lowest BCUT2D eigenvalue weighted by Gasteiger charge is -2.34. The van der Waals surface area contributed by atoms with Crippen molar-refractivity contribution in [1.29, 1.82) is 0 Å². The molecule has 1 aromatic heterocycles. The van der Waals surface area contributed by atoms with E-state index < -0.39 is 0 Å². The highest BCUT2D eigenvalue weighted by Gasteiger charge is 2.28. The number of nitrogens with one attached hydrogen (secondary N) is 1. The van der Waals surface area contributed by atoms with Crippen molar-refractivity contribution < 1.29 is 9.59 Å². The predicted molar refractivity (Wildman–Crippen MR) is 108 cm³/mol. The van der Waals surface area contributed by atoms with Gasteiger partial charge in [-0.3, -0.25) is 14.5 Å². The Morgan fingerprint density at radius 1 is 1.21 bits per heavy atom. The molecule has 1 aromatic carbocycles. The predicted octanol–water partition coefficient (Wildman–Crippen LogP) is 2.65. The van der Waals surface area contributed by atoms with Gasteiger partial charge in [0.15, 0.2) is 0 Å². The maximum absolute atomic E-state index is 12.6. The van der Waals surface area contributed by atoms with E-state index in [1.807, 2.05) is 37.3 Å². The van der Waals surface area contributed by atoms with Crippen molar-refractivity contribution >= 4 is 17.5 Å². The number of hydrogen-bond acceptors (Lipinski definition) is 5. The van der Waals surface area contributed by atoms with Crippen molar-refractivity contribution in [3.8, 4) is 0 Å². The fourth-order valence-corrected chi connectivity index (χ4v) is 3.38. The number of aromatic nitrogens is 2. The molecule has 7 heteroatoms. The summed E-state index contributed by atoms with van der Waals surface area (Å²) in [4.78, 5) is 37.6. The van der Waals surface area contributed by atoms with Crippen molar-refractivity contribution in [2.24, 2.45) is 0 Å². The van der Waals surface area contributed by atoms with Gasteiger partial charge in [0, 0.05) is 26.0 Å². The second kappa shape index (κ2) is 8.93. The maximum Gasteiger partial charge on any atom is 0.259 e. The summed E-state index contributed by atoms with van der Waals surface area (Å²) in [6, 6.07) is 9.32. The topological polar surface area (TPSA) is 78.4 Å². The van der Waals surface area contributed by atoms with Gasteiger partial charge < -0.3 is 10.2 Å². The molecule has 1 atom stereocenters. The average molecular weight is 381 g/mol. The second-order valence-electron chi connectivity index (χ2n) is 7.32. The van der Waals surface area contributed by atoms with E-state index in [0.717, 1.165) is 31.5 Å². The molecular weight excluding hydrogens is 354 g/mol. The molecule has 1 N–H and O–H groups in total. The van der Waals surface area contributed by atoms with E-state index in [4.69, 9.17) is 0 Å². The molecule has 0 aliphatic carbocycles. The van der Waals surface area contributed by atoms with Crippen LogP contribution < -0.4 is 5.32 Å². The maximum atomic E-state index is 12.6. The lowest BCUT2D eigenvalue weighted by Crippen LogP contribution is -2.41. The normalized spacial score (nSPS) is 17.2. The summed E-state index contributed by atoms with van der Waals surface area (Å²) in [5.41, 5.74) is 1.83. The molecule has 2 aromatic rings. The fraction of sp³-hybridized carbons (Fsp3) is 0.429. The Morgan fingerprint density at radius 2 is 1.96 bits per heavy atom. The van der Waals surface area contributed by atoms with Gasteiger partial charge in [0.25, 0.3) is 5.91 Å². The molecule has 28 heavy (non-hydrogen) atoms. The number of benzene rings is 1. The lowest BCUT2D eigenvalue weighted by molar-refractivity contribution is -0.130. The van der Waals surface area contributed by atoms with Crippen LogP contribution in [0.1, 0.15) is 47.2 Å². The van der Waals surface area contributed by atoms with Crippen molar-refractivity contribution in [3.05, 3.63) is 53.6 Å². The Labute approximate surface area is 165 Å². The molecule has 3 rings (SSSR count). The number of aryl methyl sites for hydroxylation is 1. The van der Waals surface area contributed by atoms with E-state index in [-0.39, 0.29) is 17.9 Å². The molecule has 1 aliphatic rings. The Bertz CT molecular complexity index is 838. The summed E-state index contributed by atoms with van der Waals surface area (Å²) < 4.78 is 0. The number of likely N-dealkylation sites (N-methyl/N-ethyl adjacent to an activating group) is 1. The summed E-state index contributed by atoms with van der Waals surface area (Å²) in [6.45, 7) is 3.03. The Morgan fingerprint density at radius 3 is 2.64 bits per heavy atom. The number of nitrogens with zero attached hydrogens (tertiary/aromatic N) is 4. The molecule has 0 unspecified atom stereocenters. The number of hydrogen-bond donors (Lipinski definition) is 1. The molecule has 2 amide bonds. The quantitative estimate of drug-likeness (QED) is 0.861. The van der Waals surface area contributed by atoms with E-state index >= 15 is 0 Å². The standard InChI is InChI=1S/C21H27N5O2/c1-15-17(21(28)24-16-9-5-4-6-10-16)13-22-20(23-15)18-11-7-8-12-26(18)14-19(27)25(2)3/h4-6,9-10,13,18H,7-8,11-12,14H2,1-3H3,(H,24,28)/t18-/m1/s1. The zero-order valence-corrected chi connectivity index (χ0v) is 16.7. The van der Waals surface area contributed by atoms with Crippen LogP contribution >= 0.6 is 0 Å². The molecule has 148 valence electrons. The SMILES string of the molecule is Cc1nc([C@H]2CCCCN2CC(=O)N(C)C)ncc1C(=O)Nc1ccccc1. The number of amides is 2. The van der Waals surface area contributed by atoms with Crippen LogP contribution in [-0.4, -0.2) is 58.8 Å². The van der Waals surface area contributed by atoms with Crippen molar-refractivity contribution in [2.45, 2.75) is 32.2 Å². The number of carbonyl (C=O) groups is 2. The van der Waals surface area contributed by atoms with Crippen LogP contribution in [0.2, 0.25) is 0 Å². The molecule has 0 bridgehead atoms. The van der Waals surface area contributed by atoms with Gasteiger partial charge in [0.1, 0.15) is 5.82 Å². The first kappa shape index (κ1) is 19.9. The smallest absolute Gasteiger partial charge is 0.259 e. The Kier molecular flexibility index (Phi) is 6.36. The average Bonchev–Trinajstić information content (AvgIpc) is 2.69. The molecule has 0 saturated carbocycles. The third-order valence-corrected chi connectivity index (χ3v) is 5.02. The molecule has 2 heterocycles. The van der Waals surface area contributed by atoms with Crippen LogP contribution in [0.4, 0.5) is 5.69 Å². The number of anilines is 1. The van der Waals surface area contributed by atoms with E-state index in [1.54, 1.807) is 25.2 Å². The van der Waals surface area contributed by atoms with Crippen molar-refractivity contribution in [3.63, 3.8) is 0 Å². The first-order valence-electron chi connectivity index (χ1n) is 9.60. The minimum Gasteiger partial charge on any atom is -0.348 e. The highest BCUT2D eigenvalue weighted by molar-refractivity contribution is 6.04. The molecule has 1 saturated heterocycles. The zero-order chi connectivity index (χ0) is 20.1. The lowest BCUT2D eigenvalue weighted by atomic mass is 10.0. The van der Waals surface area contributed by atoms with Crippen LogP contribution in [0, 0.1) is 6.92 Å². The molecule has 0 spiro atoms. The zero-order valence-electron chi connectivity index (χ0n) is 16.7. The van der Waals surface area contributed by atoms with Crippen molar-refractivity contribution in [2.75, 3.05) is 32.5 Å². The first-order valence-corrected chi connectivity index (χ1v) is 9.60. The van der Waals surface area contributed by atoms with Gasteiger partial charge in [-0.2, -0.15) is 0 Å². The van der Waals surface area contributed by atoms with Crippen LogP contribution in [-0.2, 0) is 4.79 Å². The highest BCUT2D eigenvalue weighted by atomic mass is 16.2. The molecule has 1 fully saturated rings. The summed E-state index contributed by atoms with van der Waals surface area (Å²) in [5, 5.41) is 2.87. The van der Waals surface area contributed by atoms with E-state index in [1.165, 1.54) is 0 Å². The van der Waals surface area contributed by atoms with Crippen LogP contribution in [0.25, 0.3) is 0 Å². The third-order valence-electron chi connectivity index (χ3n) is 5.02. The number of likely N-dealkylation sites (tertiary alicyclic amines) is 1. The molecular formula is C21H27N5O2. The van der Waals surface area contributed by atoms with E-state index in [9.17, 15) is 9.59 Å². The van der Waals surface area contributed by atoms with Gasteiger partial charge in [-0.1, -0.05) is 24.6 Å². The highest BCUT2D eigenvalue weighted by Crippen LogP contribution is 2.29. The van der Waals surface area contributed by atoms with Crippen LogP contribution in [0.15, 0.2) is 36.5 Å². The Balaban J connectivity index is 1.76. The molecule has 1 aliphatic heterocycles. The van der Waals surface area contributed by atoms with Gasteiger partial charge in [-0.15, -0.1) is 0 Å². The monoisotopic (exact) mass is 381 g/mol. The van der Waals surface area contributed by atoms with Gasteiger partial charge in [-0.05, 0) is 38.4 Å². The molecule has 7 nitrogen and oxygen atoms in total. The van der Waals surface area contributed by atoms with Crippen LogP contribution in [0.5, 0.6) is 0 Å². The van der Waals surface area contributed by atoms with Crippen LogP contribution in [0.3, 0.4) is 0 Å². The first-order chi connectivity index (χ1) is 13.5. The summed E-state index contributed by atoms with van der Waals surface area (Å²) in [5.74, 6) is 0.529. The largest absolute Gasteiger partial charge is 0.348 e. The minimum atomic E-state index is -0.224. The van der Waals surface area contributed by atoms with E-state index in [0.29, 0.717) is 23.6 Å². The number of carbonyl (C=O) groups excluding carboxylic acids is 2. The van der Waals surface area contributed by atoms with Gasteiger partial charge in [0.05, 0.1) is 23.8 Å². The summed E-state index contributed by atoms with van der Waals surface area (Å²) >= 11 is 0. The second-order valence-corrected chi connectivity index (χ2v) is 7.32. The number of para-hydroxylation sites is 1. The summed E-state index contributed by atoms with van der Waals surface area (Å²) in [7, 11) is 3.53. The van der Waals surface area contributed by atoms with Gasteiger partial charge >= 0.3 is 0 Å². The molecule has 0 radical (unpaired) electrons. The van der Waals surface area contributed by atoms with Gasteiger partial charge in [0.2, 0.25) is 5.91 Å². The van der Waals surface area contributed by atoms with E-state index in [2.05, 4.69) is 20.2 Å². The Hall–Kier alpha value is -2.80. The number of rotatable bonds is 5. The number of piperidine rings is 1. The fourth-order valence-electron chi connectivity index (χ4n) is 3.38. The minimum absolute atomic E-state index is 0.00239. The van der Waals surface area contributed by atoms with Gasteiger partial charge in [-0.25, -0.2) is 9.97 Å². The summed E-state index contributed by atoms with van der Waals surface area (Å²) in [6.07, 6.45) is 4.65. The third kappa shape index (κ3) is 4.72. The van der Waals surface area contributed by atoms with Crippen molar-refractivity contribution in [1.82, 2.24) is 19.8 Å².